The van der Waals surface area contributed by atoms with Crippen molar-refractivity contribution in [1.82, 2.24) is 4.72 Å². The fourth-order valence-corrected chi connectivity index (χ4v) is 2.85. The number of nitrogens with one attached hydrogen (secondary N) is 1. The van der Waals surface area contributed by atoms with Crippen molar-refractivity contribution in [2.45, 2.75) is 11.3 Å². The predicted octanol–water partition coefficient (Wildman–Crippen LogP) is 1.24. The van der Waals surface area contributed by atoms with Gasteiger partial charge in [0.2, 0.25) is 10.0 Å². The largest absolute Gasteiger partial charge is 0.492 e. The number of benzene rings is 1. The number of para-hydroxylation sites is 1. The standard InChI is InChI=1S/C12H13NO3S/c1-2-3-8-13-17(14,15)11-6-4-5-10-7-9-16-12(10)11/h3-6,13H,1,7-9H2. The zero-order chi connectivity index (χ0) is 12.3. The van der Waals surface area contributed by atoms with E-state index in [9.17, 15) is 8.42 Å². The molecule has 1 heterocycles. The molecule has 0 fully saturated rings. The van der Waals surface area contributed by atoms with E-state index >= 15 is 0 Å². The fourth-order valence-electron chi connectivity index (χ4n) is 1.70. The minimum absolute atomic E-state index is 0.176. The zero-order valence-corrected chi connectivity index (χ0v) is 10.1. The van der Waals surface area contributed by atoms with Crippen molar-refractivity contribution in [3.63, 3.8) is 0 Å². The van der Waals surface area contributed by atoms with Gasteiger partial charge in [0.1, 0.15) is 10.6 Å². The fraction of sp³-hybridized carbons (Fsp3) is 0.250. The lowest BCUT2D eigenvalue weighted by Gasteiger charge is -2.08. The molecule has 0 saturated heterocycles. The Hall–Kier alpha value is -1.55. The smallest absolute Gasteiger partial charge is 0.244 e. The molecule has 0 saturated carbocycles. The van der Waals surface area contributed by atoms with Crippen molar-refractivity contribution in [2.75, 3.05) is 13.2 Å². The van der Waals surface area contributed by atoms with Crippen LogP contribution in [0.5, 0.6) is 5.75 Å². The van der Waals surface area contributed by atoms with Crippen molar-refractivity contribution >= 4 is 10.0 Å². The van der Waals surface area contributed by atoms with Crippen molar-refractivity contribution in [3.05, 3.63) is 42.1 Å². The predicted molar refractivity (Wildman–Crippen MR) is 64.5 cm³/mol. The summed E-state index contributed by atoms with van der Waals surface area (Å²) in [5.41, 5.74) is 3.45. The highest BCUT2D eigenvalue weighted by Crippen LogP contribution is 2.32. The minimum atomic E-state index is -3.53. The van der Waals surface area contributed by atoms with Gasteiger partial charge in [-0.1, -0.05) is 18.7 Å². The van der Waals surface area contributed by atoms with Gasteiger partial charge < -0.3 is 4.74 Å². The summed E-state index contributed by atoms with van der Waals surface area (Å²) in [7, 11) is -3.53. The van der Waals surface area contributed by atoms with Gasteiger partial charge in [0.25, 0.3) is 0 Å². The molecule has 0 atom stereocenters. The molecular weight excluding hydrogens is 238 g/mol. The second-order valence-electron chi connectivity index (χ2n) is 3.60. The Labute approximate surface area is 101 Å². The highest BCUT2D eigenvalue weighted by Gasteiger charge is 2.24. The van der Waals surface area contributed by atoms with Crippen molar-refractivity contribution in [3.8, 4) is 5.75 Å². The van der Waals surface area contributed by atoms with E-state index in [1.54, 1.807) is 12.1 Å². The Kier molecular flexibility index (Phi) is 3.33. The Morgan fingerprint density at radius 1 is 1.53 bits per heavy atom. The van der Waals surface area contributed by atoms with Crippen LogP contribution < -0.4 is 9.46 Å². The maximum atomic E-state index is 12.0. The van der Waals surface area contributed by atoms with E-state index in [1.807, 2.05) is 6.07 Å². The molecule has 5 heteroatoms. The number of hydrogen-bond acceptors (Lipinski definition) is 3. The van der Waals surface area contributed by atoms with Gasteiger partial charge in [0.05, 0.1) is 6.61 Å². The first-order valence-electron chi connectivity index (χ1n) is 5.24. The van der Waals surface area contributed by atoms with Gasteiger partial charge in [-0.3, -0.25) is 0 Å². The van der Waals surface area contributed by atoms with Crippen LogP contribution in [0.15, 0.2) is 41.5 Å². The lowest BCUT2D eigenvalue weighted by Crippen LogP contribution is -2.24. The molecule has 1 aromatic carbocycles. The van der Waals surface area contributed by atoms with Gasteiger partial charge in [-0.2, -0.15) is 0 Å². The van der Waals surface area contributed by atoms with E-state index in [2.05, 4.69) is 17.0 Å². The number of sulfonamides is 1. The topological polar surface area (TPSA) is 55.4 Å². The van der Waals surface area contributed by atoms with Gasteiger partial charge >= 0.3 is 0 Å². The van der Waals surface area contributed by atoms with Crippen molar-refractivity contribution in [2.24, 2.45) is 0 Å². The van der Waals surface area contributed by atoms with E-state index < -0.39 is 10.0 Å². The average molecular weight is 251 g/mol. The monoisotopic (exact) mass is 251 g/mol. The summed E-state index contributed by atoms with van der Waals surface area (Å²) >= 11 is 0. The van der Waals surface area contributed by atoms with E-state index in [0.29, 0.717) is 12.4 Å². The van der Waals surface area contributed by atoms with Crippen LogP contribution in [0.25, 0.3) is 0 Å². The first kappa shape index (κ1) is 11.9. The molecule has 1 aliphatic heterocycles. The van der Waals surface area contributed by atoms with Crippen LogP contribution in [-0.2, 0) is 16.4 Å². The number of hydrogen-bond donors (Lipinski definition) is 1. The van der Waals surface area contributed by atoms with Crippen LogP contribution in [0, 0.1) is 0 Å². The number of rotatable bonds is 4. The third-order valence-corrected chi connectivity index (χ3v) is 3.93. The molecule has 0 aliphatic carbocycles. The van der Waals surface area contributed by atoms with Crippen LogP contribution in [0.3, 0.4) is 0 Å². The van der Waals surface area contributed by atoms with Crippen molar-refractivity contribution in [1.29, 1.82) is 0 Å². The second-order valence-corrected chi connectivity index (χ2v) is 5.34. The minimum Gasteiger partial charge on any atom is -0.492 e. The highest BCUT2D eigenvalue weighted by atomic mass is 32.2. The molecular formula is C12H13NO3S. The summed E-state index contributed by atoms with van der Waals surface area (Å²) in [6.45, 7) is 4.08. The van der Waals surface area contributed by atoms with E-state index in [-0.39, 0.29) is 11.4 Å². The van der Waals surface area contributed by atoms with Gasteiger partial charge in [-0.25, -0.2) is 13.1 Å². The zero-order valence-electron chi connectivity index (χ0n) is 9.27. The molecule has 17 heavy (non-hydrogen) atoms. The molecule has 90 valence electrons. The number of ether oxygens (including phenoxy) is 1. The average Bonchev–Trinajstić information content (AvgIpc) is 2.76. The third-order valence-electron chi connectivity index (χ3n) is 2.49. The Balaban J connectivity index is 2.34. The maximum absolute atomic E-state index is 12.0. The summed E-state index contributed by atoms with van der Waals surface area (Å²) in [4.78, 5) is 0.199. The summed E-state index contributed by atoms with van der Waals surface area (Å²) in [6.07, 6.45) is 2.27. The van der Waals surface area contributed by atoms with Crippen LogP contribution in [-0.4, -0.2) is 21.6 Å². The van der Waals surface area contributed by atoms with E-state index in [4.69, 9.17) is 4.74 Å². The molecule has 0 amide bonds. The van der Waals surface area contributed by atoms with E-state index in [1.165, 1.54) is 6.08 Å². The van der Waals surface area contributed by atoms with Crippen LogP contribution >= 0.6 is 0 Å². The molecule has 0 radical (unpaired) electrons. The van der Waals surface area contributed by atoms with Gasteiger partial charge in [0, 0.05) is 13.0 Å². The van der Waals surface area contributed by atoms with Crippen LogP contribution in [0.2, 0.25) is 0 Å². The molecule has 1 aliphatic rings. The van der Waals surface area contributed by atoms with Gasteiger partial charge in [-0.15, -0.1) is 5.73 Å². The lowest BCUT2D eigenvalue weighted by molar-refractivity contribution is 0.348. The molecule has 0 spiro atoms. The Morgan fingerprint density at radius 2 is 2.35 bits per heavy atom. The van der Waals surface area contributed by atoms with Gasteiger partial charge in [0.15, 0.2) is 0 Å². The molecule has 0 aromatic heterocycles. The molecule has 1 N–H and O–H groups in total. The normalized spacial score (nSPS) is 13.6. The highest BCUT2D eigenvalue weighted by molar-refractivity contribution is 7.89. The van der Waals surface area contributed by atoms with Crippen molar-refractivity contribution < 1.29 is 13.2 Å². The van der Waals surface area contributed by atoms with Crippen LogP contribution in [0.4, 0.5) is 0 Å². The lowest BCUT2D eigenvalue weighted by atomic mass is 10.2. The second kappa shape index (κ2) is 4.75. The quantitative estimate of drug-likeness (QED) is 0.819. The summed E-state index contributed by atoms with van der Waals surface area (Å²) in [5, 5.41) is 0. The maximum Gasteiger partial charge on any atom is 0.244 e. The molecule has 2 rings (SSSR count). The first-order chi connectivity index (χ1) is 8.15. The third kappa shape index (κ3) is 2.42. The summed E-state index contributed by atoms with van der Waals surface area (Å²) < 4.78 is 31.8. The SMILES string of the molecule is C=C=CCNS(=O)(=O)c1cccc2c1OCC2. The summed E-state index contributed by atoms with van der Waals surface area (Å²) in [6, 6.07) is 5.15. The Bertz CT molecular complexity index is 571. The molecule has 0 bridgehead atoms. The van der Waals surface area contributed by atoms with E-state index in [0.717, 1.165) is 12.0 Å². The van der Waals surface area contributed by atoms with Crippen LogP contribution in [0.1, 0.15) is 5.56 Å². The Morgan fingerprint density at radius 3 is 3.12 bits per heavy atom. The molecule has 1 aromatic rings. The molecule has 4 nitrogen and oxygen atoms in total. The summed E-state index contributed by atoms with van der Waals surface area (Å²) in [5.74, 6) is 0.475. The molecule has 0 unspecified atom stereocenters. The van der Waals surface area contributed by atoms with Gasteiger partial charge in [-0.05, 0) is 17.7 Å². The first-order valence-corrected chi connectivity index (χ1v) is 6.72. The number of fused-ring (bicyclic) bond motifs is 1.